The lowest BCUT2D eigenvalue weighted by Crippen LogP contribution is -2.57. The number of carbonyl (C=O) groups is 1. The predicted molar refractivity (Wildman–Crippen MR) is 148 cm³/mol. The van der Waals surface area contributed by atoms with Crippen molar-refractivity contribution < 1.29 is 28.8 Å². The monoisotopic (exact) mass is 540 g/mol. The number of amides is 1. The fourth-order valence-corrected chi connectivity index (χ4v) is 5.49. The van der Waals surface area contributed by atoms with Crippen LogP contribution in [0.4, 0.5) is 4.79 Å². The fraction of sp³-hybridized carbons (Fsp3) is 0.448. The number of amidine groups is 1. The Hall–Kier alpha value is -2.69. The summed E-state index contributed by atoms with van der Waals surface area (Å²) in [5.41, 5.74) is 0.882. The molecule has 1 N–H and O–H groups in total. The molecule has 5 unspecified atom stereocenters. The van der Waals surface area contributed by atoms with Gasteiger partial charge in [0.1, 0.15) is 35.4 Å². The summed E-state index contributed by atoms with van der Waals surface area (Å²) in [6.07, 6.45) is -0.620. The highest BCUT2D eigenvalue weighted by Crippen LogP contribution is 2.40. The summed E-state index contributed by atoms with van der Waals surface area (Å²) in [7, 11) is 0. The third kappa shape index (κ3) is 7.24. The zero-order chi connectivity index (χ0) is 27.1. The minimum Gasteiger partial charge on any atom is -0.443 e. The standard InChI is InChI=1S/C29H36N2O6S/c1-5-16-31(28(33)37-29(2,3)4)27-30-23-25(35-19-21-14-10-7-11-15-21)24(22(17-32)36-26(23)38-27)34-18-20-12-8-6-9-13-20/h5-15,22-26,32H,1,16-19H2,2-4H3. The Morgan fingerprint density at radius 3 is 2.16 bits per heavy atom. The lowest BCUT2D eigenvalue weighted by atomic mass is 9.97. The molecule has 5 atom stereocenters. The number of aliphatic hydroxyl groups excluding tert-OH is 1. The normalized spacial score (nSPS) is 24.8. The predicted octanol–water partition coefficient (Wildman–Crippen LogP) is 4.77. The van der Waals surface area contributed by atoms with Crippen LogP contribution in [-0.4, -0.2) is 69.8 Å². The van der Waals surface area contributed by atoms with Gasteiger partial charge in [-0.05, 0) is 31.9 Å². The second kappa shape index (κ2) is 12.9. The van der Waals surface area contributed by atoms with Crippen molar-refractivity contribution in [1.82, 2.24) is 4.90 Å². The van der Waals surface area contributed by atoms with Crippen LogP contribution < -0.4 is 0 Å². The number of fused-ring (bicyclic) bond motifs is 1. The van der Waals surface area contributed by atoms with Gasteiger partial charge in [0, 0.05) is 6.54 Å². The highest BCUT2D eigenvalue weighted by Gasteiger charge is 2.51. The molecule has 2 aromatic rings. The zero-order valence-electron chi connectivity index (χ0n) is 22.1. The number of aliphatic imine (C=N–C) groups is 1. The maximum atomic E-state index is 13.0. The van der Waals surface area contributed by atoms with Crippen molar-refractivity contribution in [3.63, 3.8) is 0 Å². The summed E-state index contributed by atoms with van der Waals surface area (Å²) < 4.78 is 24.7. The maximum absolute atomic E-state index is 13.0. The maximum Gasteiger partial charge on any atom is 0.416 e. The minimum atomic E-state index is -0.663. The Bertz CT molecular complexity index is 1090. The first-order chi connectivity index (χ1) is 18.3. The molecule has 1 fully saturated rings. The van der Waals surface area contributed by atoms with Crippen LogP contribution in [0.25, 0.3) is 0 Å². The van der Waals surface area contributed by atoms with Gasteiger partial charge in [-0.2, -0.15) is 0 Å². The van der Waals surface area contributed by atoms with E-state index in [9.17, 15) is 9.90 Å². The topological polar surface area (TPSA) is 89.8 Å². The van der Waals surface area contributed by atoms with Gasteiger partial charge in [0.05, 0.1) is 19.8 Å². The summed E-state index contributed by atoms with van der Waals surface area (Å²) >= 11 is 1.32. The van der Waals surface area contributed by atoms with Crippen LogP contribution >= 0.6 is 11.8 Å². The first-order valence-corrected chi connectivity index (χ1v) is 13.6. The number of nitrogens with zero attached hydrogens (tertiary/aromatic N) is 2. The number of rotatable bonds is 9. The van der Waals surface area contributed by atoms with Gasteiger partial charge < -0.3 is 24.1 Å². The van der Waals surface area contributed by atoms with Crippen LogP contribution in [0.15, 0.2) is 78.3 Å². The highest BCUT2D eigenvalue weighted by molar-refractivity contribution is 8.14. The van der Waals surface area contributed by atoms with E-state index in [0.29, 0.717) is 18.4 Å². The minimum absolute atomic E-state index is 0.229. The van der Waals surface area contributed by atoms with Gasteiger partial charge in [0.2, 0.25) is 0 Å². The Labute approximate surface area is 228 Å². The van der Waals surface area contributed by atoms with E-state index in [4.69, 9.17) is 23.9 Å². The van der Waals surface area contributed by atoms with Crippen molar-refractivity contribution in [3.05, 3.63) is 84.4 Å². The largest absolute Gasteiger partial charge is 0.443 e. The van der Waals surface area contributed by atoms with E-state index >= 15 is 0 Å². The van der Waals surface area contributed by atoms with Crippen LogP contribution in [0.1, 0.15) is 31.9 Å². The Balaban J connectivity index is 1.61. The Morgan fingerprint density at radius 2 is 1.63 bits per heavy atom. The molecule has 0 spiro atoms. The zero-order valence-corrected chi connectivity index (χ0v) is 22.9. The Kier molecular flexibility index (Phi) is 9.62. The van der Waals surface area contributed by atoms with E-state index in [-0.39, 0.29) is 13.2 Å². The van der Waals surface area contributed by atoms with E-state index < -0.39 is 41.5 Å². The van der Waals surface area contributed by atoms with Gasteiger partial charge in [-0.3, -0.25) is 9.89 Å². The lowest BCUT2D eigenvalue weighted by Gasteiger charge is -2.42. The van der Waals surface area contributed by atoms with E-state index in [1.807, 2.05) is 81.4 Å². The van der Waals surface area contributed by atoms with E-state index in [0.717, 1.165) is 11.1 Å². The molecule has 2 aliphatic heterocycles. The third-order valence-corrected chi connectivity index (χ3v) is 7.16. The second-order valence-corrected chi connectivity index (χ2v) is 11.2. The quantitative estimate of drug-likeness (QED) is 0.459. The second-order valence-electron chi connectivity index (χ2n) is 10.1. The van der Waals surface area contributed by atoms with Crippen LogP contribution in [0, 0.1) is 0 Å². The summed E-state index contributed by atoms with van der Waals surface area (Å²) in [6.45, 7) is 9.90. The Morgan fingerprint density at radius 1 is 1.05 bits per heavy atom. The van der Waals surface area contributed by atoms with E-state index in [1.54, 1.807) is 6.08 Å². The molecule has 2 aromatic carbocycles. The summed E-state index contributed by atoms with van der Waals surface area (Å²) in [6, 6.07) is 19.2. The average molecular weight is 541 g/mol. The van der Waals surface area contributed by atoms with Gasteiger partial charge in [-0.1, -0.05) is 78.5 Å². The third-order valence-electron chi connectivity index (χ3n) is 6.00. The van der Waals surface area contributed by atoms with Crippen molar-refractivity contribution in [1.29, 1.82) is 0 Å². The van der Waals surface area contributed by atoms with Gasteiger partial charge in [0.25, 0.3) is 0 Å². The lowest BCUT2D eigenvalue weighted by molar-refractivity contribution is -0.205. The van der Waals surface area contributed by atoms with Crippen LogP contribution in [-0.2, 0) is 32.2 Å². The number of hydrogen-bond acceptors (Lipinski definition) is 8. The highest BCUT2D eigenvalue weighted by atomic mass is 32.2. The van der Waals surface area contributed by atoms with Crippen LogP contribution in [0.3, 0.4) is 0 Å². The molecule has 0 aromatic heterocycles. The number of carbonyl (C=O) groups excluding carboxylic acids is 1. The van der Waals surface area contributed by atoms with Crippen molar-refractivity contribution in [3.8, 4) is 0 Å². The average Bonchev–Trinajstić information content (AvgIpc) is 3.32. The molecule has 0 aliphatic carbocycles. The van der Waals surface area contributed by atoms with Crippen molar-refractivity contribution in [2.45, 2.75) is 69.4 Å². The first kappa shape index (κ1) is 28.3. The molecular formula is C29H36N2O6S. The van der Waals surface area contributed by atoms with E-state index in [2.05, 4.69) is 6.58 Å². The molecule has 1 amide bonds. The first-order valence-electron chi connectivity index (χ1n) is 12.7. The number of hydrogen-bond donors (Lipinski definition) is 1. The van der Waals surface area contributed by atoms with Crippen molar-refractivity contribution >= 4 is 23.0 Å². The van der Waals surface area contributed by atoms with Gasteiger partial charge in [0.15, 0.2) is 5.17 Å². The van der Waals surface area contributed by atoms with Gasteiger partial charge in [-0.25, -0.2) is 4.79 Å². The molecular weight excluding hydrogens is 504 g/mol. The molecule has 204 valence electrons. The SMILES string of the molecule is C=CCN(C(=O)OC(C)(C)C)C1=NC2C(OC(CO)C(OCc3ccccc3)C2OCc2ccccc2)S1. The number of thioether (sulfide) groups is 1. The molecule has 0 bridgehead atoms. The molecule has 0 radical (unpaired) electrons. The smallest absolute Gasteiger partial charge is 0.416 e. The van der Waals surface area contributed by atoms with Gasteiger partial charge >= 0.3 is 6.09 Å². The molecule has 0 saturated carbocycles. The molecule has 2 aliphatic rings. The molecule has 1 saturated heterocycles. The fourth-order valence-electron chi connectivity index (χ4n) is 4.27. The molecule has 38 heavy (non-hydrogen) atoms. The molecule has 8 nitrogen and oxygen atoms in total. The number of benzene rings is 2. The summed E-state index contributed by atoms with van der Waals surface area (Å²) in [4.78, 5) is 19.3. The molecule has 2 heterocycles. The number of ether oxygens (including phenoxy) is 4. The van der Waals surface area contributed by atoms with Crippen molar-refractivity contribution in [2.75, 3.05) is 13.2 Å². The van der Waals surface area contributed by atoms with Crippen molar-refractivity contribution in [2.24, 2.45) is 4.99 Å². The van der Waals surface area contributed by atoms with Gasteiger partial charge in [-0.15, -0.1) is 6.58 Å². The van der Waals surface area contributed by atoms with E-state index in [1.165, 1.54) is 16.7 Å². The van der Waals surface area contributed by atoms with Crippen LogP contribution in [0.5, 0.6) is 0 Å². The van der Waals surface area contributed by atoms with Crippen LogP contribution in [0.2, 0.25) is 0 Å². The number of aliphatic hydroxyl groups is 1. The molecule has 9 heteroatoms. The molecule has 4 rings (SSSR count). The summed E-state index contributed by atoms with van der Waals surface area (Å²) in [5, 5.41) is 10.7. The summed E-state index contributed by atoms with van der Waals surface area (Å²) in [5.74, 6) is 0.